The Morgan fingerprint density at radius 2 is 1.51 bits per heavy atom. The van der Waals surface area contributed by atoms with Gasteiger partial charge in [-0.1, -0.05) is 70.7 Å². The fourth-order valence-electron chi connectivity index (χ4n) is 7.08. The van der Waals surface area contributed by atoms with E-state index in [2.05, 4.69) is 12.7 Å². The minimum Gasteiger partial charge on any atom is -0.478 e. The minimum absolute atomic E-state index is 0.160. The van der Waals surface area contributed by atoms with Crippen LogP contribution in [0, 0.1) is 6.92 Å². The van der Waals surface area contributed by atoms with Gasteiger partial charge in [-0.25, -0.2) is 4.79 Å². The Labute approximate surface area is 300 Å². The van der Waals surface area contributed by atoms with Crippen LogP contribution in [-0.4, -0.2) is 44.1 Å². The van der Waals surface area contributed by atoms with Crippen LogP contribution in [-0.2, 0) is 31.1 Å². The zero-order valence-corrected chi connectivity index (χ0v) is 31.2. The summed E-state index contributed by atoms with van der Waals surface area (Å²) in [4.78, 5) is 13.3. The van der Waals surface area contributed by atoms with Crippen LogP contribution in [0.5, 0.6) is 0 Å². The third kappa shape index (κ3) is 7.43. The van der Waals surface area contributed by atoms with Crippen LogP contribution < -0.4 is 4.90 Å². The minimum atomic E-state index is -4.40. The number of rotatable bonds is 9. The summed E-state index contributed by atoms with van der Waals surface area (Å²) in [6.45, 7) is 14.1. The van der Waals surface area contributed by atoms with Crippen LogP contribution in [0.15, 0.2) is 124 Å². The molecule has 5 rings (SSSR count). The Hall–Kier alpha value is -4.55. The maximum atomic E-state index is 11.9. The van der Waals surface area contributed by atoms with Crippen molar-refractivity contribution >= 4 is 37.5 Å². The van der Waals surface area contributed by atoms with Crippen molar-refractivity contribution in [1.29, 1.82) is 0 Å². The second-order valence-corrected chi connectivity index (χ2v) is 17.0. The van der Waals surface area contributed by atoms with E-state index in [-0.39, 0.29) is 15.4 Å². The predicted molar refractivity (Wildman–Crippen MR) is 200 cm³/mol. The second-order valence-electron chi connectivity index (χ2n) is 14.2. The molecule has 1 heterocycles. The van der Waals surface area contributed by atoms with Gasteiger partial charge in [0.25, 0.3) is 20.2 Å². The molecule has 3 N–H and O–H groups in total. The Balaban J connectivity index is 1.60. The lowest BCUT2D eigenvalue weighted by Gasteiger charge is -2.29. The van der Waals surface area contributed by atoms with Gasteiger partial charge in [0.05, 0.1) is 15.4 Å². The molecular formula is C40H43NO8S2. The number of carbonyl (C=O) groups is 1. The Morgan fingerprint density at radius 1 is 0.902 bits per heavy atom. The molecule has 9 nitrogen and oxygen atoms in total. The monoisotopic (exact) mass is 729 g/mol. The van der Waals surface area contributed by atoms with Crippen LogP contribution >= 0.6 is 0 Å². The highest BCUT2D eigenvalue weighted by Crippen LogP contribution is 2.48. The zero-order valence-electron chi connectivity index (χ0n) is 29.6. The number of anilines is 1. The van der Waals surface area contributed by atoms with Crippen LogP contribution in [0.3, 0.4) is 0 Å². The fourth-order valence-corrected chi connectivity index (χ4v) is 8.10. The van der Waals surface area contributed by atoms with E-state index >= 15 is 0 Å². The van der Waals surface area contributed by atoms with Gasteiger partial charge in [0.1, 0.15) is 0 Å². The van der Waals surface area contributed by atoms with Gasteiger partial charge < -0.3 is 10.0 Å². The molecule has 0 aromatic heterocycles. The van der Waals surface area contributed by atoms with Crippen molar-refractivity contribution in [3.63, 3.8) is 0 Å². The van der Waals surface area contributed by atoms with Crippen molar-refractivity contribution < 1.29 is 35.8 Å². The van der Waals surface area contributed by atoms with Crippen molar-refractivity contribution in [2.75, 3.05) is 11.9 Å². The summed E-state index contributed by atoms with van der Waals surface area (Å²) in [5, 5.41) is 9.55. The number of allylic oxidation sites excluding steroid dienone is 9. The van der Waals surface area contributed by atoms with Crippen molar-refractivity contribution in [2.45, 2.75) is 74.5 Å². The maximum Gasteiger partial charge on any atom is 0.335 e. The van der Waals surface area contributed by atoms with Gasteiger partial charge in [-0.3, -0.25) is 9.11 Å². The number of carboxylic acid groups (broad SMARTS) is 1. The van der Waals surface area contributed by atoms with Gasteiger partial charge in [-0.15, -0.1) is 0 Å². The molecule has 0 radical (unpaired) electrons. The first kappa shape index (κ1) is 37.7. The summed E-state index contributed by atoms with van der Waals surface area (Å²) in [6.07, 6.45) is 10.4. The SMILES string of the molecule is C=C(/C=C/C1=C(c2ccc(C(=O)O)cc2)C(=C/C=C2/N(C)c3ccc(S(=O)(=O)O)cc3C2(C)C)/CCC1)C(C)(C)c1cc(S(=O)(=O)O)ccc1C. The number of benzene rings is 3. The Kier molecular flexibility index (Phi) is 10.0. The number of likely N-dealkylation sites (N-methyl/N-ethyl adjacent to an activating group) is 1. The standard InChI is InChI=1S/C40H43NO8S2/c1-25-11-19-31(50(44,45)46)23-33(25)39(3,4)26(2)12-13-27-9-8-10-28(37(27)29-14-16-30(17-15-29)38(42)43)18-22-36-40(5,6)34-24-32(51(47,48)49)20-21-35(34)41(36)7/h11-24H,2,8-10H2,1,3-7H3,(H,42,43)(H,44,45,46)(H,47,48,49)/b13-12+,28-18+,36-22+. The number of carboxylic acids is 1. The molecule has 0 fully saturated rings. The van der Waals surface area contributed by atoms with E-state index in [4.69, 9.17) is 0 Å². The molecule has 0 unspecified atom stereocenters. The van der Waals surface area contributed by atoms with Gasteiger partial charge in [0, 0.05) is 29.3 Å². The number of hydrogen-bond acceptors (Lipinski definition) is 6. The Bertz CT molecular complexity index is 2290. The van der Waals surface area contributed by atoms with Gasteiger partial charge in [-0.05, 0) is 119 Å². The number of hydrogen-bond donors (Lipinski definition) is 3. The molecule has 51 heavy (non-hydrogen) atoms. The lowest BCUT2D eigenvalue weighted by atomic mass is 9.75. The number of aromatic carboxylic acids is 1. The van der Waals surface area contributed by atoms with E-state index < -0.39 is 37.0 Å². The predicted octanol–water partition coefficient (Wildman–Crippen LogP) is 8.45. The third-order valence-electron chi connectivity index (χ3n) is 10.2. The molecule has 1 aliphatic heterocycles. The molecule has 0 spiro atoms. The molecule has 0 saturated heterocycles. The summed E-state index contributed by atoms with van der Waals surface area (Å²) >= 11 is 0. The van der Waals surface area contributed by atoms with Gasteiger partial charge >= 0.3 is 5.97 Å². The third-order valence-corrected chi connectivity index (χ3v) is 11.9. The van der Waals surface area contributed by atoms with E-state index in [0.717, 1.165) is 75.2 Å². The maximum absolute atomic E-state index is 11.9. The molecule has 0 amide bonds. The molecule has 0 bridgehead atoms. The summed E-state index contributed by atoms with van der Waals surface area (Å²) in [6, 6.07) is 15.9. The number of aryl methyl sites for hydroxylation is 1. The van der Waals surface area contributed by atoms with Gasteiger partial charge in [0.2, 0.25) is 0 Å². The topological polar surface area (TPSA) is 149 Å². The fraction of sp³-hybridized carbons (Fsp3) is 0.275. The first-order valence-corrected chi connectivity index (χ1v) is 19.3. The van der Waals surface area contributed by atoms with E-state index in [0.29, 0.717) is 0 Å². The molecule has 3 aromatic rings. The summed E-state index contributed by atoms with van der Waals surface area (Å²) in [5.41, 5.74) is 7.61. The normalized spacial score (nSPS) is 18.2. The summed E-state index contributed by atoms with van der Waals surface area (Å²) in [7, 11) is -6.86. The Morgan fingerprint density at radius 3 is 2.12 bits per heavy atom. The van der Waals surface area contributed by atoms with E-state index in [9.17, 15) is 35.8 Å². The smallest absolute Gasteiger partial charge is 0.335 e. The van der Waals surface area contributed by atoms with E-state index in [1.165, 1.54) is 24.3 Å². The molecule has 11 heteroatoms. The van der Waals surface area contributed by atoms with E-state index in [1.54, 1.807) is 36.4 Å². The quantitative estimate of drug-likeness (QED) is 0.146. The highest BCUT2D eigenvalue weighted by Gasteiger charge is 2.39. The number of fused-ring (bicyclic) bond motifs is 1. The average molecular weight is 730 g/mol. The molecule has 3 aromatic carbocycles. The van der Waals surface area contributed by atoms with Gasteiger partial charge in [0.15, 0.2) is 0 Å². The van der Waals surface area contributed by atoms with Crippen LogP contribution in [0.4, 0.5) is 5.69 Å². The molecule has 1 aliphatic carbocycles. The van der Waals surface area contributed by atoms with Gasteiger partial charge in [-0.2, -0.15) is 16.8 Å². The van der Waals surface area contributed by atoms with Crippen LogP contribution in [0.2, 0.25) is 0 Å². The summed E-state index contributed by atoms with van der Waals surface area (Å²) < 4.78 is 67.1. The van der Waals surface area contributed by atoms with Crippen molar-refractivity contribution in [3.8, 4) is 0 Å². The molecule has 268 valence electrons. The largest absolute Gasteiger partial charge is 0.478 e. The lowest BCUT2D eigenvalue weighted by Crippen LogP contribution is -2.22. The lowest BCUT2D eigenvalue weighted by molar-refractivity contribution is 0.0696. The molecule has 0 atom stereocenters. The van der Waals surface area contributed by atoms with E-state index in [1.807, 2.05) is 64.8 Å². The summed E-state index contributed by atoms with van der Waals surface area (Å²) in [5.74, 6) is -1.02. The second kappa shape index (κ2) is 13.5. The average Bonchev–Trinajstić information content (AvgIpc) is 3.24. The number of nitrogens with zero attached hydrogens (tertiary/aromatic N) is 1. The van der Waals surface area contributed by atoms with Crippen LogP contribution in [0.25, 0.3) is 5.57 Å². The first-order chi connectivity index (χ1) is 23.6. The van der Waals surface area contributed by atoms with Crippen molar-refractivity contribution in [3.05, 3.63) is 142 Å². The van der Waals surface area contributed by atoms with Crippen LogP contribution in [0.1, 0.15) is 79.6 Å². The van der Waals surface area contributed by atoms with Crippen molar-refractivity contribution in [2.24, 2.45) is 0 Å². The molecule has 2 aliphatic rings. The van der Waals surface area contributed by atoms with Crippen molar-refractivity contribution in [1.82, 2.24) is 0 Å². The highest BCUT2D eigenvalue weighted by atomic mass is 32.2. The highest BCUT2D eigenvalue weighted by molar-refractivity contribution is 7.86. The molecular weight excluding hydrogens is 687 g/mol. The first-order valence-electron chi connectivity index (χ1n) is 16.4. The zero-order chi connectivity index (χ0) is 37.7. The molecule has 0 saturated carbocycles.